The molecule has 190 valence electrons. The van der Waals surface area contributed by atoms with Gasteiger partial charge in [-0.25, -0.2) is 0 Å². The van der Waals surface area contributed by atoms with Gasteiger partial charge >= 0.3 is 0 Å². The molecular weight excluding hydrogens is 444 g/mol. The molecule has 6 rings (SSSR count). The number of likely N-dealkylation sites (tertiary alicyclic amines) is 2. The Morgan fingerprint density at radius 1 is 0.750 bits per heavy atom. The minimum Gasteiger partial charge on any atom is -0.381 e. The highest BCUT2D eigenvalue weighted by atomic mass is 15.2. The van der Waals surface area contributed by atoms with Crippen molar-refractivity contribution in [3.05, 3.63) is 54.7 Å². The Labute approximate surface area is 214 Å². The highest BCUT2D eigenvalue weighted by Gasteiger charge is 2.25. The summed E-state index contributed by atoms with van der Waals surface area (Å²) < 4.78 is 2.26. The molecule has 6 nitrogen and oxygen atoms in total. The van der Waals surface area contributed by atoms with E-state index in [4.69, 9.17) is 0 Å². The van der Waals surface area contributed by atoms with E-state index in [0.29, 0.717) is 24.2 Å². The third kappa shape index (κ3) is 4.60. The number of H-pyrrole nitrogens is 1. The van der Waals surface area contributed by atoms with E-state index >= 15 is 0 Å². The monoisotopic (exact) mass is 484 g/mol. The number of anilines is 2. The second-order valence-corrected chi connectivity index (χ2v) is 11.4. The maximum absolute atomic E-state index is 3.76. The van der Waals surface area contributed by atoms with Gasteiger partial charge in [-0.15, -0.1) is 0 Å². The van der Waals surface area contributed by atoms with Crippen LogP contribution in [0.1, 0.15) is 40.5 Å². The number of rotatable bonds is 7. The van der Waals surface area contributed by atoms with Gasteiger partial charge in [-0.05, 0) is 89.1 Å². The van der Waals surface area contributed by atoms with Crippen molar-refractivity contribution in [3.63, 3.8) is 0 Å². The molecular formula is C30H40N6. The Morgan fingerprint density at radius 3 is 1.97 bits per heavy atom. The standard InChI is InChI=1S/C30H40N6/c1-20(2)34-12-10-26(18-34)31-24-5-7-28-23(16-24)17-30(33-28)36-14-9-22-15-25(6-8-29(22)36)32-27-11-13-35(19-27)21(3)4/h5-9,14-17,20-21,26-27,31-33H,10-13,18-19H2,1-4H3. The lowest BCUT2D eigenvalue weighted by Crippen LogP contribution is -2.31. The number of aromatic nitrogens is 2. The molecule has 0 bridgehead atoms. The Bertz CT molecular complexity index is 1350. The van der Waals surface area contributed by atoms with E-state index in [1.807, 2.05) is 0 Å². The summed E-state index contributed by atoms with van der Waals surface area (Å²) in [5, 5.41) is 10.0. The lowest BCUT2D eigenvalue weighted by atomic mass is 10.2. The maximum Gasteiger partial charge on any atom is 0.115 e. The molecule has 2 fully saturated rings. The van der Waals surface area contributed by atoms with E-state index in [1.165, 1.54) is 59.1 Å². The van der Waals surface area contributed by atoms with Crippen LogP contribution in [0.15, 0.2) is 54.7 Å². The first-order valence-corrected chi connectivity index (χ1v) is 13.7. The Kier molecular flexibility index (Phi) is 6.18. The average molecular weight is 485 g/mol. The van der Waals surface area contributed by atoms with Crippen molar-refractivity contribution in [2.75, 3.05) is 36.8 Å². The highest BCUT2D eigenvalue weighted by molar-refractivity contribution is 5.89. The van der Waals surface area contributed by atoms with Crippen LogP contribution < -0.4 is 10.6 Å². The van der Waals surface area contributed by atoms with E-state index in [2.05, 4.69) is 112 Å². The van der Waals surface area contributed by atoms with Gasteiger partial charge in [0.25, 0.3) is 0 Å². The van der Waals surface area contributed by atoms with Crippen LogP contribution in [0.25, 0.3) is 27.6 Å². The van der Waals surface area contributed by atoms with Crippen molar-refractivity contribution in [1.82, 2.24) is 19.4 Å². The lowest BCUT2D eigenvalue weighted by Gasteiger charge is -2.21. The fourth-order valence-electron chi connectivity index (χ4n) is 6.00. The van der Waals surface area contributed by atoms with Crippen LogP contribution in [-0.4, -0.2) is 69.7 Å². The van der Waals surface area contributed by atoms with Crippen LogP contribution in [0.2, 0.25) is 0 Å². The zero-order chi connectivity index (χ0) is 24.8. The molecule has 4 aromatic rings. The number of benzene rings is 2. The van der Waals surface area contributed by atoms with Crippen molar-refractivity contribution in [2.24, 2.45) is 0 Å². The van der Waals surface area contributed by atoms with Crippen LogP contribution >= 0.6 is 0 Å². The van der Waals surface area contributed by atoms with Gasteiger partial charge in [-0.1, -0.05) is 0 Å². The van der Waals surface area contributed by atoms with Crippen molar-refractivity contribution < 1.29 is 0 Å². The second kappa shape index (κ2) is 9.49. The summed E-state index contributed by atoms with van der Waals surface area (Å²) in [7, 11) is 0. The van der Waals surface area contributed by atoms with Gasteiger partial charge in [0.1, 0.15) is 5.82 Å². The zero-order valence-corrected chi connectivity index (χ0v) is 22.1. The first-order chi connectivity index (χ1) is 17.4. The van der Waals surface area contributed by atoms with Crippen LogP contribution in [0, 0.1) is 0 Å². The molecule has 2 aliphatic heterocycles. The van der Waals surface area contributed by atoms with E-state index < -0.39 is 0 Å². The average Bonchev–Trinajstić information content (AvgIpc) is 3.64. The molecule has 2 atom stereocenters. The molecule has 0 spiro atoms. The Hall–Kier alpha value is -2.96. The second-order valence-electron chi connectivity index (χ2n) is 11.4. The van der Waals surface area contributed by atoms with Crippen LogP contribution in [0.4, 0.5) is 11.4 Å². The molecule has 2 aromatic heterocycles. The molecule has 0 radical (unpaired) electrons. The number of nitrogens with one attached hydrogen (secondary N) is 3. The minimum atomic E-state index is 0.525. The molecule has 0 amide bonds. The summed E-state index contributed by atoms with van der Waals surface area (Å²) in [6.45, 7) is 13.8. The quantitative estimate of drug-likeness (QED) is 0.306. The predicted octanol–water partition coefficient (Wildman–Crippen LogP) is 5.90. The molecule has 6 heteroatoms. The summed E-state index contributed by atoms with van der Waals surface area (Å²) in [5.74, 6) is 1.10. The molecule has 0 aliphatic carbocycles. The molecule has 2 aromatic carbocycles. The first kappa shape index (κ1) is 23.4. The van der Waals surface area contributed by atoms with Crippen LogP contribution in [0.3, 0.4) is 0 Å². The first-order valence-electron chi connectivity index (χ1n) is 13.7. The van der Waals surface area contributed by atoms with Crippen LogP contribution in [0.5, 0.6) is 0 Å². The number of hydrogen-bond acceptors (Lipinski definition) is 4. The van der Waals surface area contributed by atoms with Crippen molar-refractivity contribution >= 4 is 33.2 Å². The van der Waals surface area contributed by atoms with Gasteiger partial charge in [0, 0.05) is 84.2 Å². The van der Waals surface area contributed by atoms with E-state index in [-0.39, 0.29) is 0 Å². The SMILES string of the molecule is CC(C)N1CCC(Nc2ccc3[nH]c(-n4ccc5cc(NC6CCN(C(C)C)C6)ccc54)cc3c2)C1. The van der Waals surface area contributed by atoms with Crippen molar-refractivity contribution in [3.8, 4) is 5.82 Å². The van der Waals surface area contributed by atoms with Gasteiger partial charge in [0.15, 0.2) is 0 Å². The molecule has 2 saturated heterocycles. The van der Waals surface area contributed by atoms with Gasteiger partial charge in [-0.2, -0.15) is 0 Å². The van der Waals surface area contributed by atoms with Crippen molar-refractivity contribution in [1.29, 1.82) is 0 Å². The zero-order valence-electron chi connectivity index (χ0n) is 22.1. The smallest absolute Gasteiger partial charge is 0.115 e. The predicted molar refractivity (Wildman–Crippen MR) is 153 cm³/mol. The third-order valence-electron chi connectivity index (χ3n) is 8.20. The normalized spacial score (nSPS) is 21.5. The van der Waals surface area contributed by atoms with E-state index in [9.17, 15) is 0 Å². The van der Waals surface area contributed by atoms with E-state index in [1.54, 1.807) is 0 Å². The van der Waals surface area contributed by atoms with Gasteiger partial charge in [0.05, 0.1) is 5.52 Å². The Balaban J connectivity index is 1.18. The van der Waals surface area contributed by atoms with Crippen molar-refractivity contribution in [2.45, 2.75) is 64.7 Å². The number of hydrogen-bond donors (Lipinski definition) is 3. The largest absolute Gasteiger partial charge is 0.381 e. The number of nitrogens with zero attached hydrogens (tertiary/aromatic N) is 3. The molecule has 3 N–H and O–H groups in total. The van der Waals surface area contributed by atoms with E-state index in [0.717, 1.165) is 18.9 Å². The summed E-state index contributed by atoms with van der Waals surface area (Å²) in [4.78, 5) is 8.73. The van der Waals surface area contributed by atoms with Gasteiger partial charge < -0.3 is 20.2 Å². The lowest BCUT2D eigenvalue weighted by molar-refractivity contribution is 0.274. The molecule has 2 aliphatic rings. The number of fused-ring (bicyclic) bond motifs is 2. The summed E-state index contributed by atoms with van der Waals surface area (Å²) in [6.07, 6.45) is 4.59. The molecule has 0 saturated carbocycles. The third-order valence-corrected chi connectivity index (χ3v) is 8.20. The molecule has 2 unspecified atom stereocenters. The fraction of sp³-hybridized carbons (Fsp3) is 0.467. The molecule has 4 heterocycles. The highest BCUT2D eigenvalue weighted by Crippen LogP contribution is 2.28. The Morgan fingerprint density at radius 2 is 1.36 bits per heavy atom. The van der Waals surface area contributed by atoms with Crippen LogP contribution in [-0.2, 0) is 0 Å². The fourth-order valence-corrected chi connectivity index (χ4v) is 6.00. The minimum absolute atomic E-state index is 0.525. The summed E-state index contributed by atoms with van der Waals surface area (Å²) in [5.41, 5.74) is 4.81. The number of aromatic amines is 1. The summed E-state index contributed by atoms with van der Waals surface area (Å²) >= 11 is 0. The van der Waals surface area contributed by atoms with Gasteiger partial charge in [-0.3, -0.25) is 9.80 Å². The maximum atomic E-state index is 3.76. The topological polar surface area (TPSA) is 51.3 Å². The molecule has 36 heavy (non-hydrogen) atoms. The summed E-state index contributed by atoms with van der Waals surface area (Å²) in [6, 6.07) is 20.2. The van der Waals surface area contributed by atoms with Gasteiger partial charge in [0.2, 0.25) is 0 Å².